The summed E-state index contributed by atoms with van der Waals surface area (Å²) in [4.78, 5) is 18.6. The van der Waals surface area contributed by atoms with Crippen LogP contribution in [0.1, 0.15) is 18.2 Å². The molecular formula is C11H11BN2O. The third-order valence-electron chi connectivity index (χ3n) is 2.40. The monoisotopic (exact) mass is 198 g/mol. The number of rotatable bonds is 2. The molecule has 2 rings (SSSR count). The molecule has 1 heterocycles. The molecule has 0 spiro atoms. The van der Waals surface area contributed by atoms with Crippen LogP contribution in [0.25, 0.3) is 11.0 Å². The maximum Gasteiger partial charge on any atom is 0.270 e. The van der Waals surface area contributed by atoms with Gasteiger partial charge in [0.25, 0.3) is 5.56 Å². The molecule has 0 aliphatic carbocycles. The second kappa shape index (κ2) is 3.89. The first-order valence-corrected chi connectivity index (χ1v) is 4.96. The number of aromatic nitrogens is 2. The van der Waals surface area contributed by atoms with E-state index in [9.17, 15) is 4.79 Å². The molecule has 0 aliphatic rings. The van der Waals surface area contributed by atoms with Gasteiger partial charge in [0.15, 0.2) is 0 Å². The van der Waals surface area contributed by atoms with Crippen LogP contribution in [0.2, 0.25) is 0 Å². The molecule has 4 heteroatoms. The van der Waals surface area contributed by atoms with Crippen LogP contribution < -0.4 is 5.56 Å². The fourth-order valence-electron chi connectivity index (χ4n) is 1.54. The summed E-state index contributed by atoms with van der Waals surface area (Å²) in [6.07, 6.45) is 1.11. The highest BCUT2D eigenvalue weighted by Gasteiger charge is 2.02. The fraction of sp³-hybridized carbons (Fsp3) is 0.273. The molecule has 0 fully saturated rings. The van der Waals surface area contributed by atoms with Crippen molar-refractivity contribution < 1.29 is 0 Å². The van der Waals surface area contributed by atoms with Crippen molar-refractivity contribution >= 4 is 18.9 Å². The van der Waals surface area contributed by atoms with Gasteiger partial charge in [0.05, 0.1) is 18.9 Å². The van der Waals surface area contributed by atoms with Crippen molar-refractivity contribution in [3.8, 4) is 0 Å². The van der Waals surface area contributed by atoms with Crippen molar-refractivity contribution in [1.29, 1.82) is 0 Å². The lowest BCUT2D eigenvalue weighted by Gasteiger charge is -2.02. The molecular weight excluding hydrogens is 187 g/mol. The summed E-state index contributed by atoms with van der Waals surface area (Å²) in [5.74, 6) is 0. The quantitative estimate of drug-likeness (QED) is 0.735. The summed E-state index contributed by atoms with van der Waals surface area (Å²) >= 11 is 0. The number of H-pyrrole nitrogens is 1. The van der Waals surface area contributed by atoms with Crippen molar-refractivity contribution in [2.75, 3.05) is 0 Å². The zero-order valence-corrected chi connectivity index (χ0v) is 8.58. The Morgan fingerprint density at radius 2 is 2.27 bits per heavy atom. The number of nitrogens with zero attached hydrogens (tertiary/aromatic N) is 1. The molecule has 0 bridgehead atoms. The first-order valence-electron chi connectivity index (χ1n) is 4.96. The van der Waals surface area contributed by atoms with Gasteiger partial charge in [-0.05, 0) is 18.6 Å². The maximum atomic E-state index is 11.5. The molecule has 1 aromatic carbocycles. The molecule has 15 heavy (non-hydrogen) atoms. The van der Waals surface area contributed by atoms with Crippen molar-refractivity contribution in [2.24, 2.45) is 0 Å². The molecule has 0 atom stereocenters. The van der Waals surface area contributed by atoms with Crippen molar-refractivity contribution in [3.63, 3.8) is 0 Å². The van der Waals surface area contributed by atoms with E-state index in [4.69, 9.17) is 7.85 Å². The van der Waals surface area contributed by atoms with E-state index in [1.165, 1.54) is 0 Å². The Hall–Kier alpha value is -1.58. The van der Waals surface area contributed by atoms with Crippen molar-refractivity contribution in [2.45, 2.75) is 19.7 Å². The van der Waals surface area contributed by atoms with E-state index < -0.39 is 0 Å². The number of hydrogen-bond donors (Lipinski definition) is 1. The number of hydrogen-bond acceptors (Lipinski definition) is 2. The summed E-state index contributed by atoms with van der Waals surface area (Å²) in [6.45, 7) is 1.91. The lowest BCUT2D eigenvalue weighted by Crippen LogP contribution is -2.14. The first kappa shape index (κ1) is 9.96. The number of benzene rings is 1. The molecule has 0 aliphatic heterocycles. The Kier molecular flexibility index (Phi) is 2.58. The minimum atomic E-state index is -0.112. The summed E-state index contributed by atoms with van der Waals surface area (Å²) in [6, 6.07) is 5.67. The van der Waals surface area contributed by atoms with Gasteiger partial charge in [-0.3, -0.25) is 4.79 Å². The van der Waals surface area contributed by atoms with Crippen LogP contribution in [-0.2, 0) is 12.7 Å². The zero-order valence-electron chi connectivity index (χ0n) is 8.58. The Morgan fingerprint density at radius 3 is 2.93 bits per heavy atom. The Balaban J connectivity index is 2.70. The molecule has 1 aromatic heterocycles. The third kappa shape index (κ3) is 1.80. The van der Waals surface area contributed by atoms with Gasteiger partial charge in [-0.1, -0.05) is 24.9 Å². The van der Waals surface area contributed by atoms with Gasteiger partial charge < -0.3 is 4.98 Å². The van der Waals surface area contributed by atoms with E-state index in [1.54, 1.807) is 0 Å². The highest BCUT2D eigenvalue weighted by atomic mass is 16.1. The topological polar surface area (TPSA) is 45.8 Å². The molecule has 0 unspecified atom stereocenters. The molecule has 74 valence electrons. The smallest absolute Gasteiger partial charge is 0.270 e. The van der Waals surface area contributed by atoms with Gasteiger partial charge in [-0.15, -0.1) is 0 Å². The van der Waals surface area contributed by atoms with Gasteiger partial charge in [0, 0.05) is 0 Å². The fourth-order valence-corrected chi connectivity index (χ4v) is 1.54. The van der Waals surface area contributed by atoms with E-state index in [-0.39, 0.29) is 5.56 Å². The van der Waals surface area contributed by atoms with Crippen LogP contribution in [0.4, 0.5) is 0 Å². The third-order valence-corrected chi connectivity index (χ3v) is 2.40. The predicted octanol–water partition coefficient (Wildman–Crippen LogP) is 1.15. The average molecular weight is 198 g/mol. The Bertz CT molecular complexity index is 548. The predicted molar refractivity (Wildman–Crippen MR) is 61.2 cm³/mol. The number of aryl methyl sites for hydroxylation is 1. The summed E-state index contributed by atoms with van der Waals surface area (Å²) in [5.41, 5.74) is 3.01. The van der Waals surface area contributed by atoms with Gasteiger partial charge in [-0.25, -0.2) is 4.98 Å². The number of fused-ring (bicyclic) bond motifs is 1. The van der Waals surface area contributed by atoms with Crippen LogP contribution in [0.3, 0.4) is 0 Å². The molecule has 2 aromatic rings. The van der Waals surface area contributed by atoms with Crippen LogP contribution >= 0.6 is 0 Å². The standard InChI is InChI=1S/C11H11BN2O/c1-2-8-11(15)14-10-5-7(6-12)3-4-9(10)13-8/h3-5H,2,6H2,1H3,(H,14,15). The molecule has 2 radical (unpaired) electrons. The van der Waals surface area contributed by atoms with Crippen molar-refractivity contribution in [1.82, 2.24) is 9.97 Å². The number of nitrogens with one attached hydrogen (secondary N) is 1. The first-order chi connectivity index (χ1) is 7.24. The largest absolute Gasteiger partial charge is 0.319 e. The van der Waals surface area contributed by atoms with Crippen molar-refractivity contribution in [3.05, 3.63) is 39.8 Å². The van der Waals surface area contributed by atoms with E-state index >= 15 is 0 Å². The molecule has 1 N–H and O–H groups in total. The van der Waals surface area contributed by atoms with Crippen LogP contribution in [0.5, 0.6) is 0 Å². The average Bonchev–Trinajstić information content (AvgIpc) is 2.27. The minimum Gasteiger partial charge on any atom is -0.319 e. The lowest BCUT2D eigenvalue weighted by atomic mass is 9.97. The molecule has 0 saturated carbocycles. The van der Waals surface area contributed by atoms with E-state index in [1.807, 2.05) is 25.1 Å². The summed E-state index contributed by atoms with van der Waals surface area (Å²) < 4.78 is 0. The zero-order chi connectivity index (χ0) is 10.8. The van der Waals surface area contributed by atoms with E-state index in [0.29, 0.717) is 18.4 Å². The lowest BCUT2D eigenvalue weighted by molar-refractivity contribution is 0.996. The molecule has 3 nitrogen and oxygen atoms in total. The highest BCUT2D eigenvalue weighted by Crippen LogP contribution is 2.10. The second-order valence-electron chi connectivity index (χ2n) is 3.42. The maximum absolute atomic E-state index is 11.5. The van der Waals surface area contributed by atoms with Gasteiger partial charge in [0.2, 0.25) is 0 Å². The van der Waals surface area contributed by atoms with Crippen LogP contribution in [0.15, 0.2) is 23.0 Å². The SMILES string of the molecule is [B]Cc1ccc2nc(CC)c(=O)[nH]c2c1. The number of aromatic amines is 1. The van der Waals surface area contributed by atoms with Gasteiger partial charge in [0.1, 0.15) is 5.69 Å². The van der Waals surface area contributed by atoms with Gasteiger partial charge in [-0.2, -0.15) is 0 Å². The van der Waals surface area contributed by atoms with Crippen LogP contribution in [0, 0.1) is 0 Å². The summed E-state index contributed by atoms with van der Waals surface area (Å²) in [7, 11) is 5.52. The summed E-state index contributed by atoms with van der Waals surface area (Å²) in [5, 5.41) is 0. The second-order valence-corrected chi connectivity index (χ2v) is 3.42. The minimum absolute atomic E-state index is 0.112. The van der Waals surface area contributed by atoms with E-state index in [2.05, 4.69) is 9.97 Å². The highest BCUT2D eigenvalue weighted by molar-refractivity contribution is 6.08. The molecule has 0 amide bonds. The van der Waals surface area contributed by atoms with Crippen LogP contribution in [-0.4, -0.2) is 17.8 Å². The van der Waals surface area contributed by atoms with Gasteiger partial charge >= 0.3 is 0 Å². The van der Waals surface area contributed by atoms with E-state index in [0.717, 1.165) is 16.6 Å². The molecule has 0 saturated heterocycles. The normalized spacial score (nSPS) is 10.7. The Morgan fingerprint density at radius 1 is 1.47 bits per heavy atom. The Labute approximate surface area is 89.0 Å².